The van der Waals surface area contributed by atoms with Crippen molar-refractivity contribution in [2.75, 3.05) is 5.32 Å². The molecule has 2 amide bonds. The molecule has 1 aliphatic heterocycles. The van der Waals surface area contributed by atoms with E-state index in [0.29, 0.717) is 17.5 Å². The van der Waals surface area contributed by atoms with Crippen LogP contribution in [0.15, 0.2) is 89.1 Å². The summed E-state index contributed by atoms with van der Waals surface area (Å²) in [4.78, 5) is 24.5. The Balaban J connectivity index is 1.25. The molecule has 3 aromatic carbocycles. The highest BCUT2D eigenvalue weighted by atomic mass is 32.2. The Bertz CT molecular complexity index is 1190. The number of nitrogens with one attached hydrogen (secondary N) is 2. The van der Waals surface area contributed by atoms with Gasteiger partial charge in [0.25, 0.3) is 0 Å². The number of aryl methyl sites for hydroxylation is 1. The lowest BCUT2D eigenvalue weighted by Crippen LogP contribution is -2.28. The SMILES string of the molecule is Cc1ccc(NC(=O)CC2S/C(=N/N=C/c3ccc(OCc4ccccc4)cc3)NC2=O)cc1. The van der Waals surface area contributed by atoms with Crippen LogP contribution < -0.4 is 15.4 Å². The first-order valence-corrected chi connectivity index (χ1v) is 11.6. The minimum absolute atomic E-state index is 0.0531. The number of thioether (sulfide) groups is 1. The Labute approximate surface area is 202 Å². The third-order valence-corrected chi connectivity index (χ3v) is 6.04. The van der Waals surface area contributed by atoms with Gasteiger partial charge in [0.15, 0.2) is 5.17 Å². The zero-order valence-corrected chi connectivity index (χ0v) is 19.4. The molecule has 34 heavy (non-hydrogen) atoms. The summed E-state index contributed by atoms with van der Waals surface area (Å²) in [6.07, 6.45) is 1.65. The van der Waals surface area contributed by atoms with E-state index in [4.69, 9.17) is 4.74 Å². The number of nitrogens with zero attached hydrogens (tertiary/aromatic N) is 2. The van der Waals surface area contributed by atoms with Crippen LogP contribution in [0.1, 0.15) is 23.1 Å². The van der Waals surface area contributed by atoms with Gasteiger partial charge in [0, 0.05) is 12.1 Å². The highest BCUT2D eigenvalue weighted by Gasteiger charge is 2.32. The molecule has 2 N–H and O–H groups in total. The van der Waals surface area contributed by atoms with Gasteiger partial charge in [-0.3, -0.25) is 9.59 Å². The number of hydrogen-bond donors (Lipinski definition) is 2. The summed E-state index contributed by atoms with van der Waals surface area (Å²) in [5.74, 6) is 0.284. The predicted molar refractivity (Wildman–Crippen MR) is 136 cm³/mol. The quantitative estimate of drug-likeness (QED) is 0.372. The zero-order valence-electron chi connectivity index (χ0n) is 18.6. The van der Waals surface area contributed by atoms with Gasteiger partial charge in [0.1, 0.15) is 17.6 Å². The fourth-order valence-corrected chi connectivity index (χ4v) is 4.07. The van der Waals surface area contributed by atoms with Gasteiger partial charge in [0.05, 0.1) is 6.21 Å². The van der Waals surface area contributed by atoms with Gasteiger partial charge in [-0.2, -0.15) is 5.10 Å². The van der Waals surface area contributed by atoms with Gasteiger partial charge < -0.3 is 15.4 Å². The van der Waals surface area contributed by atoms with Crippen molar-refractivity contribution in [1.82, 2.24) is 5.32 Å². The van der Waals surface area contributed by atoms with Gasteiger partial charge >= 0.3 is 0 Å². The molecule has 0 saturated carbocycles. The highest BCUT2D eigenvalue weighted by Crippen LogP contribution is 2.23. The number of carbonyl (C=O) groups excluding carboxylic acids is 2. The number of benzene rings is 3. The van der Waals surface area contributed by atoms with Crippen LogP contribution in [0, 0.1) is 6.92 Å². The van der Waals surface area contributed by atoms with Crippen LogP contribution in [0.5, 0.6) is 5.75 Å². The standard InChI is InChI=1S/C26H24N4O3S/c1-18-7-11-21(12-8-18)28-24(31)15-23-25(32)29-26(34-23)30-27-16-19-9-13-22(14-10-19)33-17-20-5-3-2-4-6-20/h2-14,16,23H,15,17H2,1H3,(H,28,31)(H,29,30,32)/b27-16+. The Hall–Kier alpha value is -3.91. The molecule has 8 heteroatoms. The first-order chi connectivity index (χ1) is 16.5. The fraction of sp³-hybridized carbons (Fsp3) is 0.154. The molecule has 1 unspecified atom stereocenters. The maximum atomic E-state index is 12.3. The van der Waals surface area contributed by atoms with E-state index >= 15 is 0 Å². The second kappa shape index (κ2) is 11.3. The lowest BCUT2D eigenvalue weighted by molar-refractivity contribution is -0.122. The van der Waals surface area contributed by atoms with E-state index in [2.05, 4.69) is 20.8 Å². The first-order valence-electron chi connectivity index (χ1n) is 10.8. The maximum Gasteiger partial charge on any atom is 0.240 e. The number of rotatable bonds is 8. The molecular weight excluding hydrogens is 448 g/mol. The minimum Gasteiger partial charge on any atom is -0.489 e. The van der Waals surface area contributed by atoms with Crippen molar-refractivity contribution in [2.45, 2.75) is 25.2 Å². The summed E-state index contributed by atoms with van der Waals surface area (Å²) in [7, 11) is 0. The van der Waals surface area contributed by atoms with Crippen molar-refractivity contribution < 1.29 is 14.3 Å². The summed E-state index contributed by atoms with van der Waals surface area (Å²) in [5, 5.41) is 13.4. The number of amidine groups is 1. The molecule has 0 spiro atoms. The monoisotopic (exact) mass is 472 g/mol. The molecule has 7 nitrogen and oxygen atoms in total. The van der Waals surface area contributed by atoms with E-state index in [0.717, 1.165) is 22.4 Å². The van der Waals surface area contributed by atoms with Crippen LogP contribution in [0.2, 0.25) is 0 Å². The Morgan fingerprint density at radius 1 is 1.06 bits per heavy atom. The number of hydrogen-bond acceptors (Lipinski definition) is 6. The van der Waals surface area contributed by atoms with E-state index in [1.165, 1.54) is 11.8 Å². The van der Waals surface area contributed by atoms with Gasteiger partial charge in [-0.25, -0.2) is 0 Å². The van der Waals surface area contributed by atoms with Crippen molar-refractivity contribution >= 4 is 40.6 Å². The van der Waals surface area contributed by atoms with Crippen molar-refractivity contribution in [1.29, 1.82) is 0 Å². The van der Waals surface area contributed by atoms with E-state index < -0.39 is 5.25 Å². The lowest BCUT2D eigenvalue weighted by atomic mass is 10.2. The average Bonchev–Trinajstić information content (AvgIpc) is 3.19. The Kier molecular flexibility index (Phi) is 7.72. The predicted octanol–water partition coefficient (Wildman–Crippen LogP) is 4.52. The first kappa shape index (κ1) is 23.3. The van der Waals surface area contributed by atoms with Crippen LogP contribution in [0.4, 0.5) is 5.69 Å². The Morgan fingerprint density at radius 3 is 2.53 bits per heavy atom. The fourth-order valence-electron chi connectivity index (χ4n) is 3.14. The van der Waals surface area contributed by atoms with Crippen LogP contribution in [-0.2, 0) is 16.2 Å². The number of carbonyl (C=O) groups is 2. The molecular formula is C26H24N4O3S. The topological polar surface area (TPSA) is 92.2 Å². The van der Waals surface area contributed by atoms with Gasteiger partial charge in [-0.05, 0) is 54.4 Å². The van der Waals surface area contributed by atoms with Crippen molar-refractivity contribution in [2.24, 2.45) is 10.2 Å². The Morgan fingerprint density at radius 2 is 1.79 bits per heavy atom. The smallest absolute Gasteiger partial charge is 0.240 e. The maximum absolute atomic E-state index is 12.3. The largest absolute Gasteiger partial charge is 0.489 e. The molecule has 1 atom stereocenters. The molecule has 0 aromatic heterocycles. The van der Waals surface area contributed by atoms with E-state index in [1.54, 1.807) is 6.21 Å². The van der Waals surface area contributed by atoms with Crippen LogP contribution in [-0.4, -0.2) is 28.4 Å². The molecule has 1 fully saturated rings. The number of ether oxygens (including phenoxy) is 1. The molecule has 4 rings (SSSR count). The third kappa shape index (κ3) is 6.79. The molecule has 172 valence electrons. The van der Waals surface area contributed by atoms with Gasteiger partial charge in [-0.1, -0.05) is 59.8 Å². The van der Waals surface area contributed by atoms with E-state index in [1.807, 2.05) is 85.8 Å². The van der Waals surface area contributed by atoms with Crippen LogP contribution in [0.25, 0.3) is 0 Å². The second-order valence-corrected chi connectivity index (χ2v) is 8.90. The molecule has 1 saturated heterocycles. The summed E-state index contributed by atoms with van der Waals surface area (Å²) in [6.45, 7) is 2.48. The molecule has 3 aromatic rings. The number of anilines is 1. The summed E-state index contributed by atoms with van der Waals surface area (Å²) in [6, 6.07) is 24.9. The lowest BCUT2D eigenvalue weighted by Gasteiger charge is -2.07. The molecule has 1 heterocycles. The third-order valence-electron chi connectivity index (χ3n) is 4.97. The molecule has 0 aliphatic carbocycles. The normalized spacial score (nSPS) is 16.6. The van der Waals surface area contributed by atoms with Crippen molar-refractivity contribution in [3.05, 3.63) is 95.6 Å². The minimum atomic E-state index is -0.541. The second-order valence-electron chi connectivity index (χ2n) is 7.71. The average molecular weight is 473 g/mol. The molecule has 0 radical (unpaired) electrons. The van der Waals surface area contributed by atoms with Gasteiger partial charge in [-0.15, -0.1) is 5.10 Å². The molecule has 1 aliphatic rings. The molecule has 0 bridgehead atoms. The van der Waals surface area contributed by atoms with E-state index in [-0.39, 0.29) is 18.2 Å². The van der Waals surface area contributed by atoms with Crippen molar-refractivity contribution in [3.8, 4) is 5.75 Å². The van der Waals surface area contributed by atoms with Crippen molar-refractivity contribution in [3.63, 3.8) is 0 Å². The number of amides is 2. The van der Waals surface area contributed by atoms with Crippen LogP contribution in [0.3, 0.4) is 0 Å². The summed E-state index contributed by atoms with van der Waals surface area (Å²) < 4.78 is 5.78. The van der Waals surface area contributed by atoms with Gasteiger partial charge in [0.2, 0.25) is 11.8 Å². The van der Waals surface area contributed by atoms with E-state index in [9.17, 15) is 9.59 Å². The van der Waals surface area contributed by atoms with Crippen LogP contribution >= 0.6 is 11.8 Å². The summed E-state index contributed by atoms with van der Waals surface area (Å²) in [5.41, 5.74) is 3.76. The summed E-state index contributed by atoms with van der Waals surface area (Å²) >= 11 is 1.20. The zero-order chi connectivity index (χ0) is 23.8. The highest BCUT2D eigenvalue weighted by molar-refractivity contribution is 8.15.